The highest BCUT2D eigenvalue weighted by molar-refractivity contribution is 7.99. The van der Waals surface area contributed by atoms with Gasteiger partial charge >= 0.3 is 0 Å². The molecule has 16 heavy (non-hydrogen) atoms. The van der Waals surface area contributed by atoms with Gasteiger partial charge in [-0.25, -0.2) is 0 Å². The Balaban J connectivity index is 2.22. The maximum absolute atomic E-state index is 3.71. The minimum Gasteiger partial charge on any atom is -0.309 e. The molecule has 2 atom stereocenters. The van der Waals surface area contributed by atoms with E-state index in [0.717, 1.165) is 11.8 Å². The molecule has 0 bridgehead atoms. The standard InChI is InChI=1S/C14H21NS/c1-3-9-15-14-12-8-6-5-7-11(12)10-16-13(14)4-2/h5-8,13-15H,3-4,9-10H2,1-2H3. The second kappa shape index (κ2) is 5.74. The summed E-state index contributed by atoms with van der Waals surface area (Å²) in [6.45, 7) is 5.65. The van der Waals surface area contributed by atoms with Crippen LogP contribution in [0.4, 0.5) is 0 Å². The van der Waals surface area contributed by atoms with E-state index in [-0.39, 0.29) is 0 Å². The van der Waals surface area contributed by atoms with E-state index in [4.69, 9.17) is 0 Å². The molecule has 1 N–H and O–H groups in total. The molecule has 1 heterocycles. The maximum Gasteiger partial charge on any atom is 0.0443 e. The van der Waals surface area contributed by atoms with Crippen LogP contribution in [0.25, 0.3) is 0 Å². The summed E-state index contributed by atoms with van der Waals surface area (Å²) >= 11 is 2.10. The SMILES string of the molecule is CCCNC1c2ccccc2CSC1CC. The molecule has 0 fully saturated rings. The molecule has 1 aliphatic rings. The average Bonchev–Trinajstić information content (AvgIpc) is 2.35. The summed E-state index contributed by atoms with van der Waals surface area (Å²) in [5.41, 5.74) is 3.05. The molecule has 0 aromatic heterocycles. The van der Waals surface area contributed by atoms with Crippen LogP contribution in [-0.4, -0.2) is 11.8 Å². The van der Waals surface area contributed by atoms with Crippen molar-refractivity contribution < 1.29 is 0 Å². The minimum absolute atomic E-state index is 0.555. The van der Waals surface area contributed by atoms with Crippen LogP contribution in [0, 0.1) is 0 Å². The predicted molar refractivity (Wildman–Crippen MR) is 72.9 cm³/mol. The summed E-state index contributed by atoms with van der Waals surface area (Å²) in [6.07, 6.45) is 2.46. The van der Waals surface area contributed by atoms with E-state index in [1.165, 1.54) is 29.7 Å². The molecule has 2 heteroatoms. The molecule has 88 valence electrons. The third kappa shape index (κ3) is 2.44. The molecule has 0 saturated heterocycles. The number of fused-ring (bicyclic) bond motifs is 1. The second-order valence-corrected chi connectivity index (χ2v) is 5.62. The summed E-state index contributed by atoms with van der Waals surface area (Å²) in [5, 5.41) is 4.45. The average molecular weight is 235 g/mol. The van der Waals surface area contributed by atoms with Gasteiger partial charge in [-0.05, 0) is 30.5 Å². The normalized spacial score (nSPS) is 24.1. The van der Waals surface area contributed by atoms with Gasteiger partial charge in [-0.15, -0.1) is 0 Å². The molecule has 0 spiro atoms. The molecule has 0 amide bonds. The van der Waals surface area contributed by atoms with Gasteiger partial charge < -0.3 is 5.32 Å². The Morgan fingerprint density at radius 1 is 1.31 bits per heavy atom. The van der Waals surface area contributed by atoms with Gasteiger partial charge in [0.2, 0.25) is 0 Å². The molecule has 0 radical (unpaired) electrons. The number of rotatable bonds is 4. The third-order valence-corrected chi connectivity index (χ3v) is 4.74. The van der Waals surface area contributed by atoms with Gasteiger partial charge in [0.15, 0.2) is 0 Å². The lowest BCUT2D eigenvalue weighted by Gasteiger charge is -2.33. The third-order valence-electron chi connectivity index (χ3n) is 3.23. The van der Waals surface area contributed by atoms with Crippen molar-refractivity contribution in [1.82, 2.24) is 5.32 Å². The van der Waals surface area contributed by atoms with Crippen LogP contribution in [0.15, 0.2) is 24.3 Å². The fraction of sp³-hybridized carbons (Fsp3) is 0.571. The van der Waals surface area contributed by atoms with Crippen LogP contribution in [0.5, 0.6) is 0 Å². The Bertz CT molecular complexity index is 337. The lowest BCUT2D eigenvalue weighted by Crippen LogP contribution is -2.33. The zero-order valence-electron chi connectivity index (χ0n) is 10.2. The fourth-order valence-corrected chi connectivity index (χ4v) is 3.68. The van der Waals surface area contributed by atoms with E-state index >= 15 is 0 Å². The van der Waals surface area contributed by atoms with Crippen molar-refractivity contribution in [2.75, 3.05) is 6.54 Å². The lowest BCUT2D eigenvalue weighted by atomic mass is 9.96. The molecular formula is C14H21NS. The Morgan fingerprint density at radius 2 is 2.12 bits per heavy atom. The molecule has 0 aliphatic carbocycles. The second-order valence-electron chi connectivity index (χ2n) is 4.39. The van der Waals surface area contributed by atoms with E-state index in [9.17, 15) is 0 Å². The first-order chi connectivity index (χ1) is 7.86. The van der Waals surface area contributed by atoms with Gasteiger partial charge in [0.25, 0.3) is 0 Å². The van der Waals surface area contributed by atoms with Gasteiger partial charge in [-0.3, -0.25) is 0 Å². The van der Waals surface area contributed by atoms with Gasteiger partial charge in [0.05, 0.1) is 0 Å². The van der Waals surface area contributed by atoms with Crippen LogP contribution < -0.4 is 5.32 Å². The van der Waals surface area contributed by atoms with Crippen molar-refractivity contribution in [3.8, 4) is 0 Å². The number of hydrogen-bond acceptors (Lipinski definition) is 2. The molecule has 1 aromatic carbocycles. The summed E-state index contributed by atoms with van der Waals surface area (Å²) in [7, 11) is 0. The van der Waals surface area contributed by atoms with Crippen LogP contribution in [-0.2, 0) is 5.75 Å². The number of nitrogens with one attached hydrogen (secondary N) is 1. The minimum atomic E-state index is 0.555. The van der Waals surface area contributed by atoms with Crippen LogP contribution in [0.1, 0.15) is 43.9 Å². The predicted octanol–water partition coefficient (Wildman–Crippen LogP) is 3.75. The van der Waals surface area contributed by atoms with Crippen LogP contribution >= 0.6 is 11.8 Å². The summed E-state index contributed by atoms with van der Waals surface area (Å²) in [5.74, 6) is 1.18. The largest absolute Gasteiger partial charge is 0.309 e. The molecule has 1 aromatic rings. The number of benzene rings is 1. The first-order valence-corrected chi connectivity index (χ1v) is 7.34. The molecule has 1 nitrogen and oxygen atoms in total. The fourth-order valence-electron chi connectivity index (χ4n) is 2.36. The van der Waals surface area contributed by atoms with Crippen molar-refractivity contribution in [2.24, 2.45) is 0 Å². The zero-order chi connectivity index (χ0) is 11.4. The zero-order valence-corrected chi connectivity index (χ0v) is 11.0. The summed E-state index contributed by atoms with van der Waals surface area (Å²) in [6, 6.07) is 9.45. The summed E-state index contributed by atoms with van der Waals surface area (Å²) in [4.78, 5) is 0. The Labute approximate surface area is 103 Å². The van der Waals surface area contributed by atoms with E-state index in [1.54, 1.807) is 0 Å². The maximum atomic E-state index is 3.71. The molecule has 2 unspecified atom stereocenters. The highest BCUT2D eigenvalue weighted by atomic mass is 32.2. The van der Waals surface area contributed by atoms with E-state index in [2.05, 4.69) is 55.2 Å². The first-order valence-electron chi connectivity index (χ1n) is 6.29. The van der Waals surface area contributed by atoms with Crippen LogP contribution in [0.2, 0.25) is 0 Å². The lowest BCUT2D eigenvalue weighted by molar-refractivity contribution is 0.498. The van der Waals surface area contributed by atoms with E-state index < -0.39 is 0 Å². The molecule has 2 rings (SSSR count). The topological polar surface area (TPSA) is 12.0 Å². The molecular weight excluding hydrogens is 214 g/mol. The van der Waals surface area contributed by atoms with Crippen molar-refractivity contribution in [3.05, 3.63) is 35.4 Å². The van der Waals surface area contributed by atoms with Gasteiger partial charge in [-0.1, -0.05) is 38.1 Å². The van der Waals surface area contributed by atoms with Gasteiger partial charge in [0, 0.05) is 17.0 Å². The number of hydrogen-bond donors (Lipinski definition) is 1. The monoisotopic (exact) mass is 235 g/mol. The van der Waals surface area contributed by atoms with Crippen molar-refractivity contribution in [2.45, 2.75) is 43.7 Å². The highest BCUT2D eigenvalue weighted by Crippen LogP contribution is 2.38. The quantitative estimate of drug-likeness (QED) is 0.853. The number of thioether (sulfide) groups is 1. The van der Waals surface area contributed by atoms with Gasteiger partial charge in [-0.2, -0.15) is 11.8 Å². The Hall–Kier alpha value is -0.470. The first kappa shape index (κ1) is 12.0. The Kier molecular flexibility index (Phi) is 4.30. The summed E-state index contributed by atoms with van der Waals surface area (Å²) < 4.78 is 0. The molecule has 0 saturated carbocycles. The van der Waals surface area contributed by atoms with E-state index in [1.807, 2.05) is 0 Å². The van der Waals surface area contributed by atoms with E-state index in [0.29, 0.717) is 6.04 Å². The highest BCUT2D eigenvalue weighted by Gasteiger charge is 2.27. The van der Waals surface area contributed by atoms with Crippen molar-refractivity contribution in [3.63, 3.8) is 0 Å². The molecule has 1 aliphatic heterocycles. The smallest absolute Gasteiger partial charge is 0.0443 e. The van der Waals surface area contributed by atoms with Crippen LogP contribution in [0.3, 0.4) is 0 Å². The van der Waals surface area contributed by atoms with Crippen molar-refractivity contribution >= 4 is 11.8 Å². The van der Waals surface area contributed by atoms with Gasteiger partial charge in [0.1, 0.15) is 0 Å². The van der Waals surface area contributed by atoms with Crippen molar-refractivity contribution in [1.29, 1.82) is 0 Å². The Morgan fingerprint density at radius 3 is 2.88 bits per heavy atom.